The van der Waals surface area contributed by atoms with Crippen molar-refractivity contribution >= 4 is 0 Å². The van der Waals surface area contributed by atoms with E-state index in [4.69, 9.17) is 14.6 Å². The van der Waals surface area contributed by atoms with E-state index >= 15 is 0 Å². The Hall–Kier alpha value is -0.160. The highest BCUT2D eigenvalue weighted by Crippen LogP contribution is 2.25. The van der Waals surface area contributed by atoms with E-state index in [1.165, 1.54) is 0 Å². The monoisotopic (exact) mass is 217 g/mol. The van der Waals surface area contributed by atoms with Gasteiger partial charge < -0.3 is 19.9 Å². The van der Waals surface area contributed by atoms with E-state index in [0.717, 1.165) is 39.0 Å². The Morgan fingerprint density at radius 2 is 2.07 bits per heavy atom. The van der Waals surface area contributed by atoms with Crippen LogP contribution in [0.1, 0.15) is 19.3 Å². The maximum Gasteiger partial charge on any atom is 0.0700 e. The molecule has 0 radical (unpaired) electrons. The van der Waals surface area contributed by atoms with Gasteiger partial charge in [-0.3, -0.25) is 0 Å². The quantitative estimate of drug-likeness (QED) is 0.549. The summed E-state index contributed by atoms with van der Waals surface area (Å²) >= 11 is 0. The molecule has 1 saturated carbocycles. The van der Waals surface area contributed by atoms with Crippen molar-refractivity contribution < 1.29 is 14.6 Å². The largest absolute Gasteiger partial charge is 0.393 e. The smallest absolute Gasteiger partial charge is 0.0700 e. The van der Waals surface area contributed by atoms with E-state index in [0.29, 0.717) is 19.1 Å². The van der Waals surface area contributed by atoms with Gasteiger partial charge in [0.15, 0.2) is 0 Å². The SMILES string of the molecule is COCCOCCCNCC1CC(O)C1. The molecule has 4 heteroatoms. The third-order valence-corrected chi connectivity index (χ3v) is 2.72. The second-order valence-corrected chi connectivity index (χ2v) is 4.15. The molecule has 0 aliphatic heterocycles. The van der Waals surface area contributed by atoms with Crippen molar-refractivity contribution in [1.82, 2.24) is 5.32 Å². The fourth-order valence-corrected chi connectivity index (χ4v) is 1.72. The van der Waals surface area contributed by atoms with Gasteiger partial charge in [-0.25, -0.2) is 0 Å². The normalized spacial score (nSPS) is 25.2. The first-order valence-electron chi connectivity index (χ1n) is 5.78. The van der Waals surface area contributed by atoms with Crippen molar-refractivity contribution in [3.8, 4) is 0 Å². The molecule has 2 N–H and O–H groups in total. The highest BCUT2D eigenvalue weighted by atomic mass is 16.5. The van der Waals surface area contributed by atoms with Crippen molar-refractivity contribution in [2.45, 2.75) is 25.4 Å². The van der Waals surface area contributed by atoms with Crippen molar-refractivity contribution in [3.63, 3.8) is 0 Å². The first-order chi connectivity index (χ1) is 7.33. The van der Waals surface area contributed by atoms with E-state index in [9.17, 15) is 0 Å². The van der Waals surface area contributed by atoms with Gasteiger partial charge in [0.05, 0.1) is 19.3 Å². The Kier molecular flexibility index (Phi) is 6.92. The highest BCUT2D eigenvalue weighted by Gasteiger charge is 2.26. The molecular weight excluding hydrogens is 194 g/mol. The third-order valence-electron chi connectivity index (χ3n) is 2.72. The second kappa shape index (κ2) is 8.05. The van der Waals surface area contributed by atoms with Crippen molar-refractivity contribution in [2.24, 2.45) is 5.92 Å². The Balaban J connectivity index is 1.70. The molecule has 1 aliphatic rings. The molecule has 0 aromatic carbocycles. The zero-order valence-electron chi connectivity index (χ0n) is 9.58. The van der Waals surface area contributed by atoms with E-state index in [2.05, 4.69) is 5.32 Å². The van der Waals surface area contributed by atoms with Gasteiger partial charge in [0.2, 0.25) is 0 Å². The van der Waals surface area contributed by atoms with Gasteiger partial charge in [0.25, 0.3) is 0 Å². The van der Waals surface area contributed by atoms with E-state index in [-0.39, 0.29) is 6.10 Å². The van der Waals surface area contributed by atoms with E-state index < -0.39 is 0 Å². The van der Waals surface area contributed by atoms with Gasteiger partial charge >= 0.3 is 0 Å². The number of rotatable bonds is 9. The molecule has 1 rings (SSSR count). The van der Waals surface area contributed by atoms with Crippen molar-refractivity contribution in [1.29, 1.82) is 0 Å². The maximum atomic E-state index is 9.08. The maximum absolute atomic E-state index is 9.08. The summed E-state index contributed by atoms with van der Waals surface area (Å²) < 4.78 is 10.2. The average Bonchev–Trinajstić information content (AvgIpc) is 2.19. The number of hydrogen-bond donors (Lipinski definition) is 2. The first kappa shape index (κ1) is 12.9. The van der Waals surface area contributed by atoms with Crippen LogP contribution in [-0.4, -0.2) is 51.2 Å². The van der Waals surface area contributed by atoms with Gasteiger partial charge in [0.1, 0.15) is 0 Å². The summed E-state index contributed by atoms with van der Waals surface area (Å²) in [5, 5.41) is 12.5. The van der Waals surface area contributed by atoms with Crippen LogP contribution >= 0.6 is 0 Å². The lowest BCUT2D eigenvalue weighted by Gasteiger charge is -2.31. The standard InChI is InChI=1S/C11H23NO3/c1-14-5-6-15-4-2-3-12-9-10-7-11(13)8-10/h10-13H,2-9H2,1H3. The fourth-order valence-electron chi connectivity index (χ4n) is 1.72. The number of ether oxygens (including phenoxy) is 2. The molecule has 1 aliphatic carbocycles. The summed E-state index contributed by atoms with van der Waals surface area (Å²) in [5.74, 6) is 0.689. The third kappa shape index (κ3) is 6.10. The number of aliphatic hydroxyl groups excluding tert-OH is 1. The van der Waals surface area contributed by atoms with Crippen LogP contribution in [0.15, 0.2) is 0 Å². The van der Waals surface area contributed by atoms with Gasteiger partial charge in [-0.15, -0.1) is 0 Å². The summed E-state index contributed by atoms with van der Waals surface area (Å²) in [5.41, 5.74) is 0. The lowest BCUT2D eigenvalue weighted by Crippen LogP contribution is -2.36. The van der Waals surface area contributed by atoms with Crippen LogP contribution in [0.2, 0.25) is 0 Å². The number of nitrogens with one attached hydrogen (secondary N) is 1. The van der Waals surface area contributed by atoms with Crippen molar-refractivity contribution in [3.05, 3.63) is 0 Å². The topological polar surface area (TPSA) is 50.7 Å². The first-order valence-corrected chi connectivity index (χ1v) is 5.78. The Labute approximate surface area is 92.0 Å². The number of hydrogen-bond acceptors (Lipinski definition) is 4. The minimum absolute atomic E-state index is 0.0332. The molecule has 1 fully saturated rings. The van der Waals surface area contributed by atoms with Gasteiger partial charge in [-0.1, -0.05) is 0 Å². The lowest BCUT2D eigenvalue weighted by molar-refractivity contribution is 0.0422. The number of aliphatic hydroxyl groups is 1. The van der Waals surface area contributed by atoms with Crippen LogP contribution in [-0.2, 0) is 9.47 Å². The average molecular weight is 217 g/mol. The Morgan fingerprint density at radius 1 is 1.27 bits per heavy atom. The minimum Gasteiger partial charge on any atom is -0.393 e. The zero-order chi connectivity index (χ0) is 10.9. The molecule has 4 nitrogen and oxygen atoms in total. The summed E-state index contributed by atoms with van der Waals surface area (Å²) in [6.45, 7) is 4.19. The van der Waals surface area contributed by atoms with E-state index in [1.54, 1.807) is 7.11 Å². The minimum atomic E-state index is -0.0332. The fraction of sp³-hybridized carbons (Fsp3) is 1.00. The Morgan fingerprint density at radius 3 is 2.73 bits per heavy atom. The van der Waals surface area contributed by atoms with Crippen LogP contribution in [0.3, 0.4) is 0 Å². The van der Waals surface area contributed by atoms with Gasteiger partial charge in [0, 0.05) is 13.7 Å². The van der Waals surface area contributed by atoms with Crippen LogP contribution in [0.25, 0.3) is 0 Å². The van der Waals surface area contributed by atoms with E-state index in [1.807, 2.05) is 0 Å². The molecule has 0 unspecified atom stereocenters. The molecule has 0 atom stereocenters. The van der Waals surface area contributed by atoms with Crippen LogP contribution in [0.4, 0.5) is 0 Å². The molecular formula is C11H23NO3. The summed E-state index contributed by atoms with van der Waals surface area (Å²) in [6.07, 6.45) is 2.95. The van der Waals surface area contributed by atoms with Crippen LogP contribution < -0.4 is 5.32 Å². The number of methoxy groups -OCH3 is 1. The van der Waals surface area contributed by atoms with Crippen LogP contribution in [0.5, 0.6) is 0 Å². The van der Waals surface area contributed by atoms with Gasteiger partial charge in [-0.2, -0.15) is 0 Å². The predicted octanol–water partition coefficient (Wildman–Crippen LogP) is 0.400. The van der Waals surface area contributed by atoms with Gasteiger partial charge in [-0.05, 0) is 38.3 Å². The zero-order valence-corrected chi connectivity index (χ0v) is 9.58. The van der Waals surface area contributed by atoms with Crippen LogP contribution in [0, 0.1) is 5.92 Å². The molecule has 0 aromatic heterocycles. The summed E-state index contributed by atoms with van der Waals surface area (Å²) in [7, 11) is 1.68. The highest BCUT2D eigenvalue weighted by molar-refractivity contribution is 4.79. The molecule has 0 aromatic rings. The molecule has 0 spiro atoms. The molecule has 0 heterocycles. The lowest BCUT2D eigenvalue weighted by atomic mass is 9.82. The van der Waals surface area contributed by atoms with Crippen molar-refractivity contribution in [2.75, 3.05) is 40.0 Å². The molecule has 0 bridgehead atoms. The Bertz CT molecular complexity index is 149. The second-order valence-electron chi connectivity index (χ2n) is 4.15. The predicted molar refractivity (Wildman–Crippen MR) is 58.9 cm³/mol. The molecule has 0 saturated heterocycles. The molecule has 15 heavy (non-hydrogen) atoms. The summed E-state index contributed by atoms with van der Waals surface area (Å²) in [4.78, 5) is 0. The summed E-state index contributed by atoms with van der Waals surface area (Å²) in [6, 6.07) is 0. The molecule has 0 amide bonds. The molecule has 90 valence electrons.